The summed E-state index contributed by atoms with van der Waals surface area (Å²) in [6.45, 7) is 1.81. The van der Waals surface area contributed by atoms with Gasteiger partial charge in [-0.25, -0.2) is 4.39 Å². The van der Waals surface area contributed by atoms with Crippen LogP contribution in [0.5, 0.6) is 0 Å². The highest BCUT2D eigenvalue weighted by Crippen LogP contribution is 2.28. The van der Waals surface area contributed by atoms with E-state index in [1.54, 1.807) is 24.3 Å². The van der Waals surface area contributed by atoms with Crippen molar-refractivity contribution >= 4 is 5.97 Å². The van der Waals surface area contributed by atoms with Crippen LogP contribution in [0.1, 0.15) is 11.3 Å². The molecule has 0 aliphatic heterocycles. The number of aryl methyl sites for hydroxylation is 1. The molecule has 4 heteroatoms. The highest BCUT2D eigenvalue weighted by atomic mass is 19.1. The molecule has 2 aromatic rings. The van der Waals surface area contributed by atoms with Crippen LogP contribution in [0.25, 0.3) is 11.1 Å². The Kier molecular flexibility index (Phi) is 3.37. The van der Waals surface area contributed by atoms with Crippen molar-refractivity contribution in [3.05, 3.63) is 53.6 Å². The normalized spacial score (nSPS) is 10.3. The smallest absolute Gasteiger partial charge is 0.309 e. The lowest BCUT2D eigenvalue weighted by Gasteiger charge is -2.11. The molecule has 0 fully saturated rings. The first kappa shape index (κ1) is 12.2. The van der Waals surface area contributed by atoms with E-state index < -0.39 is 5.97 Å². The topological polar surface area (TPSA) is 50.2 Å². The first-order chi connectivity index (χ1) is 8.59. The Morgan fingerprint density at radius 3 is 2.72 bits per heavy atom. The van der Waals surface area contributed by atoms with Crippen LogP contribution >= 0.6 is 0 Å². The van der Waals surface area contributed by atoms with Crippen molar-refractivity contribution in [2.75, 3.05) is 0 Å². The Bertz CT molecular complexity index is 596. The molecule has 0 spiro atoms. The summed E-state index contributed by atoms with van der Waals surface area (Å²) >= 11 is 0. The van der Waals surface area contributed by atoms with E-state index in [2.05, 4.69) is 4.98 Å². The molecule has 1 aromatic carbocycles. The Labute approximate surface area is 104 Å². The SMILES string of the molecule is Cc1ccnc(CC(=O)O)c1-c1ccccc1F. The highest BCUT2D eigenvalue weighted by molar-refractivity contribution is 5.77. The lowest BCUT2D eigenvalue weighted by molar-refractivity contribution is -0.136. The van der Waals surface area contributed by atoms with Crippen molar-refractivity contribution < 1.29 is 14.3 Å². The Morgan fingerprint density at radius 1 is 1.33 bits per heavy atom. The van der Waals surface area contributed by atoms with Crippen molar-refractivity contribution in [2.45, 2.75) is 13.3 Å². The standard InChI is InChI=1S/C14H12FNO2/c1-9-6-7-16-12(8-13(17)18)14(9)10-4-2-3-5-11(10)15/h2-7H,8H2,1H3,(H,17,18). The number of benzene rings is 1. The van der Waals surface area contributed by atoms with Gasteiger partial charge in [-0.3, -0.25) is 9.78 Å². The van der Waals surface area contributed by atoms with E-state index in [0.29, 0.717) is 16.8 Å². The third-order valence-corrected chi connectivity index (χ3v) is 2.70. The third kappa shape index (κ3) is 2.37. The van der Waals surface area contributed by atoms with Crippen LogP contribution in [0.15, 0.2) is 36.5 Å². The first-order valence-corrected chi connectivity index (χ1v) is 5.50. The summed E-state index contributed by atoms with van der Waals surface area (Å²) in [7, 11) is 0. The number of rotatable bonds is 3. The van der Waals surface area contributed by atoms with E-state index in [1.165, 1.54) is 12.3 Å². The second-order valence-corrected chi connectivity index (χ2v) is 4.00. The van der Waals surface area contributed by atoms with Gasteiger partial charge in [0.1, 0.15) is 5.82 Å². The van der Waals surface area contributed by atoms with Crippen LogP contribution in [0.3, 0.4) is 0 Å². The number of halogens is 1. The van der Waals surface area contributed by atoms with Gasteiger partial charge in [0.2, 0.25) is 0 Å². The molecule has 1 N–H and O–H groups in total. The first-order valence-electron chi connectivity index (χ1n) is 5.50. The molecule has 2 rings (SSSR count). The minimum absolute atomic E-state index is 0.217. The average molecular weight is 245 g/mol. The quantitative estimate of drug-likeness (QED) is 0.904. The van der Waals surface area contributed by atoms with E-state index in [-0.39, 0.29) is 12.2 Å². The minimum Gasteiger partial charge on any atom is -0.481 e. The van der Waals surface area contributed by atoms with E-state index in [4.69, 9.17) is 5.11 Å². The van der Waals surface area contributed by atoms with Gasteiger partial charge in [-0.15, -0.1) is 0 Å². The minimum atomic E-state index is -0.981. The summed E-state index contributed by atoms with van der Waals surface area (Å²) in [6, 6.07) is 8.04. The summed E-state index contributed by atoms with van der Waals surface area (Å²) in [5, 5.41) is 8.86. The predicted molar refractivity (Wildman–Crippen MR) is 65.7 cm³/mol. The fourth-order valence-electron chi connectivity index (χ4n) is 1.92. The average Bonchev–Trinajstić information content (AvgIpc) is 2.30. The molecule has 0 radical (unpaired) electrons. The molecular weight excluding hydrogens is 233 g/mol. The number of aromatic nitrogens is 1. The maximum Gasteiger partial charge on any atom is 0.309 e. The largest absolute Gasteiger partial charge is 0.481 e. The van der Waals surface area contributed by atoms with E-state index in [0.717, 1.165) is 5.56 Å². The van der Waals surface area contributed by atoms with Crippen LogP contribution in [0.2, 0.25) is 0 Å². The molecule has 3 nitrogen and oxygen atoms in total. The lowest BCUT2D eigenvalue weighted by Crippen LogP contribution is -2.05. The lowest BCUT2D eigenvalue weighted by atomic mass is 9.97. The van der Waals surface area contributed by atoms with Crippen molar-refractivity contribution in [3.8, 4) is 11.1 Å². The van der Waals surface area contributed by atoms with Gasteiger partial charge in [-0.2, -0.15) is 0 Å². The number of carboxylic acid groups (broad SMARTS) is 1. The van der Waals surface area contributed by atoms with E-state index in [1.807, 2.05) is 6.92 Å². The zero-order valence-corrected chi connectivity index (χ0v) is 9.85. The molecule has 0 saturated carbocycles. The molecular formula is C14H12FNO2. The summed E-state index contributed by atoms with van der Waals surface area (Å²) in [4.78, 5) is 14.9. The van der Waals surface area contributed by atoms with Crippen molar-refractivity contribution in [1.82, 2.24) is 4.98 Å². The summed E-state index contributed by atoms with van der Waals surface area (Å²) in [6.07, 6.45) is 1.32. The van der Waals surface area contributed by atoms with Crippen LogP contribution in [0, 0.1) is 12.7 Å². The molecule has 92 valence electrons. The second-order valence-electron chi connectivity index (χ2n) is 4.00. The van der Waals surface area contributed by atoms with Gasteiger partial charge in [0.05, 0.1) is 12.1 Å². The van der Waals surface area contributed by atoms with Gasteiger partial charge in [-0.05, 0) is 24.6 Å². The number of aliphatic carboxylic acids is 1. The van der Waals surface area contributed by atoms with Crippen molar-refractivity contribution in [2.24, 2.45) is 0 Å². The molecule has 0 atom stereocenters. The maximum atomic E-state index is 13.8. The number of hydrogen-bond acceptors (Lipinski definition) is 2. The van der Waals surface area contributed by atoms with E-state index in [9.17, 15) is 9.18 Å². The summed E-state index contributed by atoms with van der Waals surface area (Å²) in [5.74, 6) is -1.36. The van der Waals surface area contributed by atoms with Gasteiger partial charge in [0.15, 0.2) is 0 Å². The van der Waals surface area contributed by atoms with Crippen LogP contribution in [-0.4, -0.2) is 16.1 Å². The molecule has 1 aromatic heterocycles. The van der Waals surface area contributed by atoms with Crippen molar-refractivity contribution in [3.63, 3.8) is 0 Å². The number of pyridine rings is 1. The zero-order chi connectivity index (χ0) is 13.1. The monoisotopic (exact) mass is 245 g/mol. The predicted octanol–water partition coefficient (Wildman–Crippen LogP) is 2.82. The van der Waals surface area contributed by atoms with Gasteiger partial charge in [0, 0.05) is 17.3 Å². The summed E-state index contributed by atoms with van der Waals surface area (Å²) in [5.41, 5.74) is 2.15. The van der Waals surface area contributed by atoms with Crippen LogP contribution in [0.4, 0.5) is 4.39 Å². The van der Waals surface area contributed by atoms with Gasteiger partial charge in [0.25, 0.3) is 0 Å². The van der Waals surface area contributed by atoms with Crippen LogP contribution < -0.4 is 0 Å². The summed E-state index contributed by atoms with van der Waals surface area (Å²) < 4.78 is 13.8. The van der Waals surface area contributed by atoms with E-state index >= 15 is 0 Å². The van der Waals surface area contributed by atoms with Gasteiger partial charge < -0.3 is 5.11 Å². The third-order valence-electron chi connectivity index (χ3n) is 2.70. The zero-order valence-electron chi connectivity index (χ0n) is 9.85. The van der Waals surface area contributed by atoms with Crippen LogP contribution in [-0.2, 0) is 11.2 Å². The Hall–Kier alpha value is -2.23. The Balaban J connectivity index is 2.62. The number of nitrogens with zero attached hydrogens (tertiary/aromatic N) is 1. The maximum absolute atomic E-state index is 13.8. The molecule has 0 amide bonds. The van der Waals surface area contributed by atoms with Crippen molar-refractivity contribution in [1.29, 1.82) is 0 Å². The number of carboxylic acids is 1. The molecule has 0 unspecified atom stereocenters. The molecule has 0 aliphatic rings. The van der Waals surface area contributed by atoms with Gasteiger partial charge in [-0.1, -0.05) is 18.2 Å². The molecule has 1 heterocycles. The Morgan fingerprint density at radius 2 is 2.06 bits per heavy atom. The number of carbonyl (C=O) groups is 1. The fourth-order valence-corrected chi connectivity index (χ4v) is 1.92. The molecule has 0 saturated heterocycles. The number of hydrogen-bond donors (Lipinski definition) is 1. The molecule has 0 aliphatic carbocycles. The highest BCUT2D eigenvalue weighted by Gasteiger charge is 2.15. The molecule has 18 heavy (non-hydrogen) atoms. The fraction of sp³-hybridized carbons (Fsp3) is 0.143. The van der Waals surface area contributed by atoms with Gasteiger partial charge >= 0.3 is 5.97 Å². The second kappa shape index (κ2) is 4.96. The molecule has 0 bridgehead atoms.